The lowest BCUT2D eigenvalue weighted by Gasteiger charge is -2.38. The summed E-state index contributed by atoms with van der Waals surface area (Å²) in [6.07, 6.45) is 3.59. The molecule has 5 nitrogen and oxygen atoms in total. The van der Waals surface area contributed by atoms with Gasteiger partial charge in [0.15, 0.2) is 0 Å². The standard InChI is InChI=1S/C16H27N3O2S/c1-13(17)16-6-4-5-11-19(16)12-14-7-9-15(10-8-14)22(20,21)18(2)3/h7-10,13,16H,4-6,11-12,17H2,1-3H3. The second-order valence-electron chi connectivity index (χ2n) is 6.32. The number of likely N-dealkylation sites (tertiary alicyclic amines) is 1. The van der Waals surface area contributed by atoms with Crippen molar-refractivity contribution < 1.29 is 8.42 Å². The van der Waals surface area contributed by atoms with E-state index in [1.54, 1.807) is 26.2 Å². The zero-order valence-corrected chi connectivity index (χ0v) is 14.5. The highest BCUT2D eigenvalue weighted by molar-refractivity contribution is 7.89. The number of nitrogens with two attached hydrogens (primary N) is 1. The molecule has 1 heterocycles. The summed E-state index contributed by atoms with van der Waals surface area (Å²) in [5, 5.41) is 0. The van der Waals surface area contributed by atoms with Crippen LogP contribution in [0.5, 0.6) is 0 Å². The summed E-state index contributed by atoms with van der Waals surface area (Å²) in [5.74, 6) is 0. The third-order valence-electron chi connectivity index (χ3n) is 4.36. The first-order valence-electron chi connectivity index (χ1n) is 7.83. The first kappa shape index (κ1) is 17.4. The zero-order chi connectivity index (χ0) is 16.3. The monoisotopic (exact) mass is 325 g/mol. The summed E-state index contributed by atoms with van der Waals surface area (Å²) in [6.45, 7) is 3.95. The van der Waals surface area contributed by atoms with Gasteiger partial charge in [0, 0.05) is 32.7 Å². The van der Waals surface area contributed by atoms with Gasteiger partial charge in [0.25, 0.3) is 0 Å². The molecular formula is C16H27N3O2S. The number of rotatable bonds is 5. The summed E-state index contributed by atoms with van der Waals surface area (Å²) in [5.41, 5.74) is 7.23. The molecule has 0 saturated carbocycles. The molecule has 0 aliphatic carbocycles. The van der Waals surface area contributed by atoms with Crippen LogP contribution in [0.3, 0.4) is 0 Å². The lowest BCUT2D eigenvalue weighted by Crippen LogP contribution is -2.48. The fourth-order valence-electron chi connectivity index (χ4n) is 3.02. The molecule has 1 saturated heterocycles. The second kappa shape index (κ2) is 7.08. The molecule has 0 radical (unpaired) electrons. The highest BCUT2D eigenvalue weighted by Gasteiger charge is 2.25. The maximum atomic E-state index is 12.1. The van der Waals surface area contributed by atoms with E-state index >= 15 is 0 Å². The van der Waals surface area contributed by atoms with Crippen LogP contribution in [-0.4, -0.2) is 50.3 Å². The van der Waals surface area contributed by atoms with Gasteiger partial charge in [-0.2, -0.15) is 0 Å². The molecule has 6 heteroatoms. The third kappa shape index (κ3) is 3.87. The van der Waals surface area contributed by atoms with Gasteiger partial charge in [-0.25, -0.2) is 12.7 Å². The molecule has 0 aromatic heterocycles. The van der Waals surface area contributed by atoms with Crippen molar-refractivity contribution in [3.8, 4) is 0 Å². The van der Waals surface area contributed by atoms with Gasteiger partial charge in [-0.15, -0.1) is 0 Å². The molecule has 2 rings (SSSR count). The average Bonchev–Trinajstić information content (AvgIpc) is 2.48. The van der Waals surface area contributed by atoms with E-state index in [-0.39, 0.29) is 6.04 Å². The minimum absolute atomic E-state index is 0.161. The van der Waals surface area contributed by atoms with Crippen molar-refractivity contribution in [3.63, 3.8) is 0 Å². The van der Waals surface area contributed by atoms with E-state index < -0.39 is 10.0 Å². The number of piperidine rings is 1. The molecule has 1 aliphatic heterocycles. The van der Waals surface area contributed by atoms with Crippen LogP contribution in [0, 0.1) is 0 Å². The number of benzene rings is 1. The summed E-state index contributed by atoms with van der Waals surface area (Å²) >= 11 is 0. The van der Waals surface area contributed by atoms with Crippen molar-refractivity contribution in [1.29, 1.82) is 0 Å². The number of hydrogen-bond acceptors (Lipinski definition) is 4. The molecule has 0 amide bonds. The van der Waals surface area contributed by atoms with Crippen LogP contribution >= 0.6 is 0 Å². The molecule has 1 aliphatic rings. The van der Waals surface area contributed by atoms with E-state index in [4.69, 9.17) is 5.73 Å². The minimum atomic E-state index is -3.35. The highest BCUT2D eigenvalue weighted by atomic mass is 32.2. The van der Waals surface area contributed by atoms with Crippen molar-refractivity contribution in [2.45, 2.75) is 49.7 Å². The van der Waals surface area contributed by atoms with Crippen molar-refractivity contribution in [2.24, 2.45) is 5.73 Å². The van der Waals surface area contributed by atoms with Crippen molar-refractivity contribution in [2.75, 3.05) is 20.6 Å². The normalized spacial score (nSPS) is 22.0. The Morgan fingerprint density at radius 2 is 1.91 bits per heavy atom. The first-order valence-corrected chi connectivity index (χ1v) is 9.27. The quantitative estimate of drug-likeness (QED) is 0.894. The number of sulfonamides is 1. The summed E-state index contributed by atoms with van der Waals surface area (Å²) in [7, 11) is -0.260. The maximum Gasteiger partial charge on any atom is 0.242 e. The Morgan fingerprint density at radius 1 is 1.27 bits per heavy atom. The minimum Gasteiger partial charge on any atom is -0.327 e. The van der Waals surface area contributed by atoms with E-state index in [0.717, 1.165) is 25.1 Å². The SMILES string of the molecule is CC(N)C1CCCCN1Cc1ccc(S(=O)(=O)N(C)C)cc1. The first-order chi connectivity index (χ1) is 10.3. The summed E-state index contributed by atoms with van der Waals surface area (Å²) < 4.78 is 25.4. The van der Waals surface area contributed by atoms with Crippen molar-refractivity contribution in [3.05, 3.63) is 29.8 Å². The van der Waals surface area contributed by atoms with E-state index in [1.807, 2.05) is 12.1 Å². The van der Waals surface area contributed by atoms with Crippen LogP contribution in [0.2, 0.25) is 0 Å². The Labute approximate surface area is 134 Å². The van der Waals surface area contributed by atoms with Gasteiger partial charge < -0.3 is 5.73 Å². The lowest BCUT2D eigenvalue weighted by atomic mass is 9.96. The summed E-state index contributed by atoms with van der Waals surface area (Å²) in [6, 6.07) is 7.77. The molecule has 2 unspecified atom stereocenters. The Balaban J connectivity index is 2.11. The molecule has 0 bridgehead atoms. The fraction of sp³-hybridized carbons (Fsp3) is 0.625. The second-order valence-corrected chi connectivity index (χ2v) is 8.48. The molecule has 1 fully saturated rings. The molecular weight excluding hydrogens is 298 g/mol. The van der Waals surface area contributed by atoms with Gasteiger partial charge in [-0.05, 0) is 44.0 Å². The smallest absolute Gasteiger partial charge is 0.242 e. The molecule has 1 aromatic rings. The van der Waals surface area contributed by atoms with Gasteiger partial charge in [-0.1, -0.05) is 18.6 Å². The van der Waals surface area contributed by atoms with Gasteiger partial charge in [0.05, 0.1) is 4.90 Å². The van der Waals surface area contributed by atoms with Crippen molar-refractivity contribution in [1.82, 2.24) is 9.21 Å². The maximum absolute atomic E-state index is 12.1. The van der Waals surface area contributed by atoms with E-state index in [2.05, 4.69) is 11.8 Å². The zero-order valence-electron chi connectivity index (χ0n) is 13.7. The number of hydrogen-bond donors (Lipinski definition) is 1. The van der Waals surface area contributed by atoms with Gasteiger partial charge in [0.2, 0.25) is 10.0 Å². The van der Waals surface area contributed by atoms with Crippen LogP contribution in [0.1, 0.15) is 31.7 Å². The Bertz CT molecular complexity index is 582. The van der Waals surface area contributed by atoms with Crippen LogP contribution in [0.25, 0.3) is 0 Å². The Hall–Kier alpha value is -0.950. The van der Waals surface area contributed by atoms with Gasteiger partial charge in [0.1, 0.15) is 0 Å². The molecule has 0 spiro atoms. The van der Waals surface area contributed by atoms with Crippen LogP contribution in [0.15, 0.2) is 29.2 Å². The van der Waals surface area contributed by atoms with Gasteiger partial charge in [-0.3, -0.25) is 4.90 Å². The van der Waals surface area contributed by atoms with Crippen LogP contribution < -0.4 is 5.73 Å². The van der Waals surface area contributed by atoms with Crippen LogP contribution in [-0.2, 0) is 16.6 Å². The predicted molar refractivity (Wildman–Crippen MR) is 89.0 cm³/mol. The van der Waals surface area contributed by atoms with E-state index in [0.29, 0.717) is 10.9 Å². The van der Waals surface area contributed by atoms with E-state index in [1.165, 1.54) is 17.1 Å². The molecule has 124 valence electrons. The number of nitrogens with zero attached hydrogens (tertiary/aromatic N) is 2. The van der Waals surface area contributed by atoms with Crippen molar-refractivity contribution >= 4 is 10.0 Å². The van der Waals surface area contributed by atoms with Gasteiger partial charge >= 0.3 is 0 Å². The third-order valence-corrected chi connectivity index (χ3v) is 6.19. The predicted octanol–water partition coefficient (Wildman–Crippen LogP) is 1.64. The highest BCUT2D eigenvalue weighted by Crippen LogP contribution is 2.22. The molecule has 22 heavy (non-hydrogen) atoms. The molecule has 2 N–H and O–H groups in total. The van der Waals surface area contributed by atoms with Crippen LogP contribution in [0.4, 0.5) is 0 Å². The Kier molecular flexibility index (Phi) is 5.60. The molecule has 2 atom stereocenters. The average molecular weight is 325 g/mol. The van der Waals surface area contributed by atoms with E-state index in [9.17, 15) is 8.42 Å². The largest absolute Gasteiger partial charge is 0.327 e. The topological polar surface area (TPSA) is 66.6 Å². The lowest BCUT2D eigenvalue weighted by molar-refractivity contribution is 0.123. The Morgan fingerprint density at radius 3 is 2.45 bits per heavy atom. The fourth-order valence-corrected chi connectivity index (χ4v) is 3.92. The summed E-state index contributed by atoms with van der Waals surface area (Å²) in [4.78, 5) is 2.76. The molecule has 1 aromatic carbocycles.